The van der Waals surface area contributed by atoms with Gasteiger partial charge in [-0.1, -0.05) is 11.6 Å². The van der Waals surface area contributed by atoms with Gasteiger partial charge in [0.05, 0.1) is 7.11 Å². The van der Waals surface area contributed by atoms with Gasteiger partial charge in [-0.15, -0.1) is 0 Å². The van der Waals surface area contributed by atoms with Gasteiger partial charge in [-0.25, -0.2) is 0 Å². The highest BCUT2D eigenvalue weighted by Gasteiger charge is 2.03. The Morgan fingerprint density at radius 2 is 1.87 bits per heavy atom. The van der Waals surface area contributed by atoms with Crippen LogP contribution in [0.3, 0.4) is 0 Å². The molecule has 0 spiro atoms. The molecule has 0 saturated heterocycles. The topological polar surface area (TPSA) is 48.4 Å². The van der Waals surface area contributed by atoms with Crippen LogP contribution in [0.4, 0.5) is 11.4 Å². The Balaban J connectivity index is 2.09. The van der Waals surface area contributed by atoms with Crippen molar-refractivity contribution in [3.05, 3.63) is 59.1 Å². The van der Waals surface area contributed by atoms with Crippen LogP contribution in [0, 0.1) is 5.41 Å². The highest BCUT2D eigenvalue weighted by atomic mass is 35.5. The van der Waals surface area contributed by atoms with E-state index in [0.29, 0.717) is 5.02 Å². The number of halogens is 1. The molecule has 2 rings (SSSR count). The van der Waals surface area contributed by atoms with Crippen molar-refractivity contribution in [1.82, 2.24) is 0 Å². The van der Waals surface area contributed by atoms with E-state index in [0.717, 1.165) is 22.7 Å². The molecule has 0 unspecified atom stereocenters. The number of hydrogen-bond acceptors (Lipinski definition) is 3. The number of amidine groups is 1. The third-order valence-corrected chi connectivity index (χ3v) is 3.54. The molecule has 0 fully saturated rings. The SMILES string of the molecule is COc1cc(N(C)C)ccc1/C=C/C(=N)Nc1ccc(Cl)cc1. The fourth-order valence-electron chi connectivity index (χ4n) is 2.02. The van der Waals surface area contributed by atoms with Crippen LogP contribution < -0.4 is 15.0 Å². The maximum absolute atomic E-state index is 7.99. The Morgan fingerprint density at radius 1 is 1.17 bits per heavy atom. The van der Waals surface area contributed by atoms with Crippen molar-refractivity contribution >= 4 is 34.9 Å². The van der Waals surface area contributed by atoms with Crippen molar-refractivity contribution in [3.8, 4) is 5.75 Å². The minimum absolute atomic E-state index is 0.283. The molecule has 0 bridgehead atoms. The Hall–Kier alpha value is -2.46. The first kappa shape index (κ1) is 16.9. The highest BCUT2D eigenvalue weighted by molar-refractivity contribution is 6.30. The van der Waals surface area contributed by atoms with Crippen molar-refractivity contribution < 1.29 is 4.74 Å². The van der Waals surface area contributed by atoms with Crippen molar-refractivity contribution in [2.45, 2.75) is 0 Å². The molecule has 0 saturated carbocycles. The first-order chi connectivity index (χ1) is 11.0. The quantitative estimate of drug-likeness (QED) is 0.626. The van der Waals surface area contributed by atoms with Crippen molar-refractivity contribution in [1.29, 1.82) is 5.41 Å². The Bertz CT molecular complexity index is 709. The predicted octanol–water partition coefficient (Wildman–Crippen LogP) is 4.52. The lowest BCUT2D eigenvalue weighted by Gasteiger charge is -2.14. The van der Waals surface area contributed by atoms with Crippen LogP contribution in [-0.2, 0) is 0 Å². The van der Waals surface area contributed by atoms with Gasteiger partial charge in [0.15, 0.2) is 0 Å². The molecule has 0 amide bonds. The summed E-state index contributed by atoms with van der Waals surface area (Å²) in [5, 5.41) is 11.7. The van der Waals surface area contributed by atoms with E-state index >= 15 is 0 Å². The average Bonchev–Trinajstić information content (AvgIpc) is 2.54. The monoisotopic (exact) mass is 329 g/mol. The number of ether oxygens (including phenoxy) is 1. The van der Waals surface area contributed by atoms with Gasteiger partial charge in [-0.05, 0) is 48.6 Å². The molecule has 5 heteroatoms. The summed E-state index contributed by atoms with van der Waals surface area (Å²) in [5.41, 5.74) is 2.80. The number of anilines is 2. The van der Waals surface area contributed by atoms with Crippen molar-refractivity contribution in [2.24, 2.45) is 0 Å². The second-order valence-electron chi connectivity index (χ2n) is 5.20. The first-order valence-corrected chi connectivity index (χ1v) is 7.52. The molecule has 23 heavy (non-hydrogen) atoms. The maximum Gasteiger partial charge on any atom is 0.128 e. The van der Waals surface area contributed by atoms with Gasteiger partial charge in [-0.2, -0.15) is 0 Å². The molecule has 120 valence electrons. The summed E-state index contributed by atoms with van der Waals surface area (Å²) in [7, 11) is 5.61. The summed E-state index contributed by atoms with van der Waals surface area (Å²) in [6.45, 7) is 0. The molecule has 0 radical (unpaired) electrons. The first-order valence-electron chi connectivity index (χ1n) is 7.14. The van der Waals surface area contributed by atoms with Crippen LogP contribution in [0.15, 0.2) is 48.5 Å². The third-order valence-electron chi connectivity index (χ3n) is 3.29. The number of hydrogen-bond donors (Lipinski definition) is 2. The molecule has 4 nitrogen and oxygen atoms in total. The largest absolute Gasteiger partial charge is 0.496 e. The fraction of sp³-hybridized carbons (Fsp3) is 0.167. The van der Waals surface area contributed by atoms with E-state index in [4.69, 9.17) is 21.7 Å². The minimum atomic E-state index is 0.283. The van der Waals surface area contributed by atoms with Crippen LogP contribution >= 0.6 is 11.6 Å². The maximum atomic E-state index is 7.99. The van der Waals surface area contributed by atoms with Crippen LogP contribution in [0.5, 0.6) is 5.75 Å². The van der Waals surface area contributed by atoms with E-state index < -0.39 is 0 Å². The second kappa shape index (κ2) is 7.70. The number of methoxy groups -OCH3 is 1. The van der Waals surface area contributed by atoms with E-state index in [1.54, 1.807) is 25.3 Å². The highest BCUT2D eigenvalue weighted by Crippen LogP contribution is 2.25. The van der Waals surface area contributed by atoms with Gasteiger partial charge >= 0.3 is 0 Å². The summed E-state index contributed by atoms with van der Waals surface area (Å²) >= 11 is 5.84. The van der Waals surface area contributed by atoms with E-state index in [2.05, 4.69) is 5.32 Å². The standard InChI is InChI=1S/C18H20ClN3O/c1-22(2)16-10-4-13(17(12-16)23-3)5-11-18(20)21-15-8-6-14(19)7-9-15/h4-12H,1-3H3,(H2,20,21)/b11-5+. The molecular weight excluding hydrogens is 310 g/mol. The molecule has 2 aromatic rings. The Labute approximate surface area is 141 Å². The molecule has 0 atom stereocenters. The molecule has 0 aliphatic heterocycles. The predicted molar refractivity (Wildman–Crippen MR) is 99.2 cm³/mol. The molecule has 2 aromatic carbocycles. The van der Waals surface area contributed by atoms with E-state index in [9.17, 15) is 0 Å². The molecule has 2 N–H and O–H groups in total. The normalized spacial score (nSPS) is 10.6. The van der Waals surface area contributed by atoms with Gasteiger partial charge in [0.25, 0.3) is 0 Å². The number of rotatable bonds is 5. The van der Waals surface area contributed by atoms with E-state index in [1.165, 1.54) is 0 Å². The summed E-state index contributed by atoms with van der Waals surface area (Å²) in [4.78, 5) is 2.01. The number of nitrogens with zero attached hydrogens (tertiary/aromatic N) is 1. The Morgan fingerprint density at radius 3 is 2.48 bits per heavy atom. The van der Waals surface area contributed by atoms with Gasteiger partial charge in [0.1, 0.15) is 11.6 Å². The summed E-state index contributed by atoms with van der Waals surface area (Å²) in [6, 6.07) is 13.2. The molecule has 0 aromatic heterocycles. The van der Waals surface area contributed by atoms with E-state index in [1.807, 2.05) is 55.4 Å². The molecule has 0 heterocycles. The average molecular weight is 330 g/mol. The third kappa shape index (κ3) is 4.76. The number of nitrogens with one attached hydrogen (secondary N) is 2. The number of benzene rings is 2. The van der Waals surface area contributed by atoms with Gasteiger partial charge in [-0.3, -0.25) is 5.41 Å². The van der Waals surface area contributed by atoms with Crippen LogP contribution in [0.1, 0.15) is 5.56 Å². The lowest BCUT2D eigenvalue weighted by Crippen LogP contribution is -2.08. The fourth-order valence-corrected chi connectivity index (χ4v) is 2.15. The lowest BCUT2D eigenvalue weighted by atomic mass is 10.1. The molecule has 0 aliphatic rings. The zero-order valence-electron chi connectivity index (χ0n) is 13.4. The zero-order valence-corrected chi connectivity index (χ0v) is 14.2. The minimum Gasteiger partial charge on any atom is -0.496 e. The molecule has 0 aliphatic carbocycles. The van der Waals surface area contributed by atoms with Crippen molar-refractivity contribution in [2.75, 3.05) is 31.4 Å². The summed E-state index contributed by atoms with van der Waals surface area (Å²) in [5.74, 6) is 1.05. The van der Waals surface area contributed by atoms with Gasteiger partial charge < -0.3 is 15.0 Å². The zero-order chi connectivity index (χ0) is 16.8. The van der Waals surface area contributed by atoms with Crippen LogP contribution in [-0.4, -0.2) is 27.0 Å². The summed E-state index contributed by atoms with van der Waals surface area (Å²) < 4.78 is 5.42. The Kier molecular flexibility index (Phi) is 5.66. The lowest BCUT2D eigenvalue weighted by molar-refractivity contribution is 0.414. The van der Waals surface area contributed by atoms with Gasteiger partial charge in [0, 0.05) is 42.1 Å². The van der Waals surface area contributed by atoms with Crippen LogP contribution in [0.2, 0.25) is 5.02 Å². The van der Waals surface area contributed by atoms with Gasteiger partial charge in [0.2, 0.25) is 0 Å². The smallest absolute Gasteiger partial charge is 0.128 e. The van der Waals surface area contributed by atoms with Crippen LogP contribution in [0.25, 0.3) is 6.08 Å². The summed E-state index contributed by atoms with van der Waals surface area (Å²) in [6.07, 6.45) is 3.55. The van der Waals surface area contributed by atoms with Crippen molar-refractivity contribution in [3.63, 3.8) is 0 Å². The second-order valence-corrected chi connectivity index (χ2v) is 5.64. The van der Waals surface area contributed by atoms with E-state index in [-0.39, 0.29) is 5.84 Å². The molecular formula is C18H20ClN3O.